The third-order valence-corrected chi connectivity index (χ3v) is 3.29. The summed E-state index contributed by atoms with van der Waals surface area (Å²) in [5, 5.41) is 6.18. The highest BCUT2D eigenvalue weighted by atomic mass is 16.1. The van der Waals surface area contributed by atoms with E-state index in [2.05, 4.69) is 15.5 Å². The first-order valence-electron chi connectivity index (χ1n) is 6.04. The van der Waals surface area contributed by atoms with Gasteiger partial charge < -0.3 is 15.5 Å². The Morgan fingerprint density at radius 2 is 2.07 bits per heavy atom. The maximum Gasteiger partial charge on any atom is 0.220 e. The second kappa shape index (κ2) is 5.47. The normalized spacial score (nSPS) is 22.7. The molecule has 2 aliphatic heterocycles. The molecule has 0 radical (unpaired) electrons. The Morgan fingerprint density at radius 3 is 2.67 bits per heavy atom. The molecule has 0 unspecified atom stereocenters. The summed E-state index contributed by atoms with van der Waals surface area (Å²) < 4.78 is 0. The van der Waals surface area contributed by atoms with E-state index in [1.54, 1.807) is 0 Å². The number of nitrogens with zero attached hydrogens (tertiary/aromatic N) is 1. The fourth-order valence-corrected chi connectivity index (χ4v) is 2.19. The van der Waals surface area contributed by atoms with Crippen molar-refractivity contribution in [1.82, 2.24) is 15.5 Å². The zero-order chi connectivity index (χ0) is 10.5. The lowest BCUT2D eigenvalue weighted by Gasteiger charge is -2.26. The molecule has 0 atom stereocenters. The quantitative estimate of drug-likeness (QED) is 0.662. The van der Waals surface area contributed by atoms with E-state index in [0.29, 0.717) is 12.3 Å². The van der Waals surface area contributed by atoms with Crippen molar-refractivity contribution in [3.05, 3.63) is 0 Å². The van der Waals surface area contributed by atoms with Crippen LogP contribution in [0.25, 0.3) is 0 Å². The van der Waals surface area contributed by atoms with E-state index in [4.69, 9.17) is 0 Å². The third kappa shape index (κ3) is 3.47. The molecule has 1 amide bonds. The van der Waals surface area contributed by atoms with Crippen LogP contribution in [0.3, 0.4) is 0 Å². The summed E-state index contributed by atoms with van der Waals surface area (Å²) in [4.78, 5) is 13.9. The maximum absolute atomic E-state index is 11.5. The van der Waals surface area contributed by atoms with Crippen LogP contribution in [0.4, 0.5) is 0 Å². The lowest BCUT2D eigenvalue weighted by atomic mass is 9.99. The molecule has 0 saturated carbocycles. The number of hydrogen-bond donors (Lipinski definition) is 2. The molecule has 0 aromatic carbocycles. The zero-order valence-electron chi connectivity index (χ0n) is 9.30. The second-order valence-electron chi connectivity index (χ2n) is 4.63. The summed E-state index contributed by atoms with van der Waals surface area (Å²) in [5.74, 6) is 0.803. The molecule has 2 fully saturated rings. The number of likely N-dealkylation sites (tertiary alicyclic amines) is 1. The van der Waals surface area contributed by atoms with Crippen LogP contribution in [0, 0.1) is 5.92 Å². The predicted molar refractivity (Wildman–Crippen MR) is 59.7 cm³/mol. The Kier molecular flexibility index (Phi) is 3.97. The molecule has 2 aliphatic rings. The zero-order valence-corrected chi connectivity index (χ0v) is 9.30. The molecule has 0 aliphatic carbocycles. The average Bonchev–Trinajstić information content (AvgIpc) is 2.64. The van der Waals surface area contributed by atoms with E-state index in [0.717, 1.165) is 26.2 Å². The number of rotatable bonds is 5. The van der Waals surface area contributed by atoms with Crippen molar-refractivity contribution < 1.29 is 4.79 Å². The standard InChI is InChI=1S/C11H21N3O/c15-11(7-10-8-12-9-10)13-3-6-14-4-1-2-5-14/h10,12H,1-9H2,(H,13,15). The third-order valence-electron chi connectivity index (χ3n) is 3.29. The minimum atomic E-state index is 0.223. The first-order chi connectivity index (χ1) is 7.34. The molecule has 2 saturated heterocycles. The van der Waals surface area contributed by atoms with Crippen molar-refractivity contribution in [2.75, 3.05) is 39.3 Å². The highest BCUT2D eigenvalue weighted by molar-refractivity contribution is 5.76. The van der Waals surface area contributed by atoms with E-state index in [1.165, 1.54) is 25.9 Å². The highest BCUT2D eigenvalue weighted by Gasteiger charge is 2.19. The Morgan fingerprint density at radius 1 is 1.33 bits per heavy atom. The fourth-order valence-electron chi connectivity index (χ4n) is 2.19. The van der Waals surface area contributed by atoms with Gasteiger partial charge in [-0.1, -0.05) is 0 Å². The Labute approximate surface area is 91.4 Å². The van der Waals surface area contributed by atoms with Gasteiger partial charge in [-0.25, -0.2) is 0 Å². The van der Waals surface area contributed by atoms with Gasteiger partial charge in [0, 0.05) is 19.5 Å². The number of carbonyl (C=O) groups is 1. The molecule has 0 spiro atoms. The molecule has 86 valence electrons. The van der Waals surface area contributed by atoms with Crippen molar-refractivity contribution in [3.8, 4) is 0 Å². The molecular formula is C11H21N3O. The van der Waals surface area contributed by atoms with Gasteiger partial charge >= 0.3 is 0 Å². The van der Waals surface area contributed by atoms with Gasteiger partial charge in [-0.15, -0.1) is 0 Å². The van der Waals surface area contributed by atoms with Crippen LogP contribution in [0.5, 0.6) is 0 Å². The number of carbonyl (C=O) groups excluding carboxylic acids is 1. The van der Waals surface area contributed by atoms with E-state index >= 15 is 0 Å². The van der Waals surface area contributed by atoms with Crippen molar-refractivity contribution in [2.45, 2.75) is 19.3 Å². The maximum atomic E-state index is 11.5. The molecule has 15 heavy (non-hydrogen) atoms. The Bertz CT molecular complexity index is 210. The topological polar surface area (TPSA) is 44.4 Å². The molecule has 0 bridgehead atoms. The van der Waals surface area contributed by atoms with Crippen LogP contribution in [-0.2, 0) is 4.79 Å². The molecule has 4 heteroatoms. The average molecular weight is 211 g/mol. The Balaban J connectivity index is 1.50. The van der Waals surface area contributed by atoms with E-state index in [-0.39, 0.29) is 5.91 Å². The number of hydrogen-bond acceptors (Lipinski definition) is 3. The smallest absolute Gasteiger partial charge is 0.220 e. The summed E-state index contributed by atoms with van der Waals surface area (Å²) in [6, 6.07) is 0. The number of amides is 1. The number of nitrogens with one attached hydrogen (secondary N) is 2. The monoisotopic (exact) mass is 211 g/mol. The van der Waals surface area contributed by atoms with E-state index < -0.39 is 0 Å². The van der Waals surface area contributed by atoms with Crippen LogP contribution in [-0.4, -0.2) is 50.1 Å². The first kappa shape index (κ1) is 10.9. The molecule has 4 nitrogen and oxygen atoms in total. The van der Waals surface area contributed by atoms with Gasteiger partial charge in [0.2, 0.25) is 5.91 Å². The summed E-state index contributed by atoms with van der Waals surface area (Å²) >= 11 is 0. The van der Waals surface area contributed by atoms with Crippen LogP contribution < -0.4 is 10.6 Å². The summed E-state index contributed by atoms with van der Waals surface area (Å²) in [5.41, 5.74) is 0. The van der Waals surface area contributed by atoms with Crippen LogP contribution in [0.1, 0.15) is 19.3 Å². The van der Waals surface area contributed by atoms with Crippen LogP contribution in [0.15, 0.2) is 0 Å². The van der Waals surface area contributed by atoms with E-state index in [1.807, 2.05) is 0 Å². The van der Waals surface area contributed by atoms with Crippen molar-refractivity contribution in [2.24, 2.45) is 5.92 Å². The van der Waals surface area contributed by atoms with Crippen LogP contribution in [0.2, 0.25) is 0 Å². The second-order valence-corrected chi connectivity index (χ2v) is 4.63. The molecule has 2 N–H and O–H groups in total. The van der Waals surface area contributed by atoms with Gasteiger partial charge in [0.15, 0.2) is 0 Å². The van der Waals surface area contributed by atoms with Gasteiger partial charge in [0.1, 0.15) is 0 Å². The van der Waals surface area contributed by atoms with Crippen LogP contribution >= 0.6 is 0 Å². The van der Waals surface area contributed by atoms with Gasteiger partial charge in [0.05, 0.1) is 0 Å². The van der Waals surface area contributed by atoms with Gasteiger partial charge in [-0.2, -0.15) is 0 Å². The SMILES string of the molecule is O=C(CC1CNC1)NCCN1CCCC1. The van der Waals surface area contributed by atoms with Gasteiger partial charge in [-0.05, 0) is 44.9 Å². The van der Waals surface area contributed by atoms with Crippen molar-refractivity contribution in [1.29, 1.82) is 0 Å². The lowest BCUT2D eigenvalue weighted by Crippen LogP contribution is -2.45. The predicted octanol–water partition coefficient (Wildman–Crippen LogP) is -0.192. The lowest BCUT2D eigenvalue weighted by molar-refractivity contribution is -0.122. The largest absolute Gasteiger partial charge is 0.355 e. The van der Waals surface area contributed by atoms with Crippen molar-refractivity contribution in [3.63, 3.8) is 0 Å². The minimum Gasteiger partial charge on any atom is -0.355 e. The molecule has 0 aromatic rings. The van der Waals surface area contributed by atoms with E-state index in [9.17, 15) is 4.79 Å². The molecule has 0 aromatic heterocycles. The molecule has 2 rings (SSSR count). The van der Waals surface area contributed by atoms with Crippen molar-refractivity contribution >= 4 is 5.91 Å². The van der Waals surface area contributed by atoms with Gasteiger partial charge in [0.25, 0.3) is 0 Å². The minimum absolute atomic E-state index is 0.223. The summed E-state index contributed by atoms with van der Waals surface area (Å²) in [7, 11) is 0. The van der Waals surface area contributed by atoms with Gasteiger partial charge in [-0.3, -0.25) is 4.79 Å². The molecule has 2 heterocycles. The fraction of sp³-hybridized carbons (Fsp3) is 0.909. The first-order valence-corrected chi connectivity index (χ1v) is 6.04. The molecular weight excluding hydrogens is 190 g/mol. The Hall–Kier alpha value is -0.610. The summed E-state index contributed by atoms with van der Waals surface area (Å²) in [6.45, 7) is 6.29. The summed E-state index contributed by atoms with van der Waals surface area (Å²) in [6.07, 6.45) is 3.34. The highest BCUT2D eigenvalue weighted by Crippen LogP contribution is 2.08.